The van der Waals surface area contributed by atoms with E-state index in [2.05, 4.69) is 0 Å². The number of benzene rings is 1. The molecule has 2 aliphatic carbocycles. The van der Waals surface area contributed by atoms with Crippen LogP contribution in [0.25, 0.3) is 0 Å². The Morgan fingerprint density at radius 1 is 1.25 bits per heavy atom. The van der Waals surface area contributed by atoms with Gasteiger partial charge in [-0.15, -0.1) is 0 Å². The van der Waals surface area contributed by atoms with Gasteiger partial charge in [0.05, 0.1) is 11.5 Å². The number of carbonyl (C=O) groups is 2. The lowest BCUT2D eigenvalue weighted by Gasteiger charge is -2.62. The van der Waals surface area contributed by atoms with E-state index in [1.165, 1.54) is 0 Å². The van der Waals surface area contributed by atoms with Gasteiger partial charge >= 0.3 is 11.9 Å². The summed E-state index contributed by atoms with van der Waals surface area (Å²) < 4.78 is 11.2. The summed E-state index contributed by atoms with van der Waals surface area (Å²) in [5.74, 6) is -1.87. The molecule has 0 spiro atoms. The molecule has 3 aliphatic rings. The van der Waals surface area contributed by atoms with Crippen LogP contribution in [0.3, 0.4) is 0 Å². The molecule has 6 heteroatoms. The first-order valence-electron chi connectivity index (χ1n) is 10.0. The number of fused-ring (bicyclic) bond motifs is 3. The molecule has 6 atom stereocenters. The molecule has 1 heterocycles. The highest BCUT2D eigenvalue weighted by Gasteiger charge is 2.71. The Morgan fingerprint density at radius 2 is 1.96 bits per heavy atom. The first-order valence-corrected chi connectivity index (χ1v) is 10.0. The second-order valence-electron chi connectivity index (χ2n) is 9.19. The normalized spacial score (nSPS) is 42.3. The zero-order chi connectivity index (χ0) is 20.2. The van der Waals surface area contributed by atoms with Crippen molar-refractivity contribution in [3.05, 3.63) is 35.9 Å². The van der Waals surface area contributed by atoms with Crippen LogP contribution in [0.15, 0.2) is 30.3 Å². The van der Waals surface area contributed by atoms with Crippen LogP contribution in [0.4, 0.5) is 0 Å². The molecule has 0 unspecified atom stereocenters. The lowest BCUT2D eigenvalue weighted by atomic mass is 9.44. The summed E-state index contributed by atoms with van der Waals surface area (Å²) in [5, 5.41) is 21.8. The third-order valence-electron chi connectivity index (χ3n) is 7.63. The summed E-state index contributed by atoms with van der Waals surface area (Å²) in [4.78, 5) is 25.2. The molecular weight excluding hydrogens is 360 g/mol. The van der Waals surface area contributed by atoms with Crippen molar-refractivity contribution in [3.63, 3.8) is 0 Å². The third kappa shape index (κ3) is 2.61. The van der Waals surface area contributed by atoms with Crippen molar-refractivity contribution in [2.75, 3.05) is 13.2 Å². The summed E-state index contributed by atoms with van der Waals surface area (Å²) in [6, 6.07) is 8.75. The van der Waals surface area contributed by atoms with Gasteiger partial charge in [0.1, 0.15) is 18.3 Å². The van der Waals surface area contributed by atoms with Crippen molar-refractivity contribution in [3.8, 4) is 0 Å². The number of rotatable bonds is 3. The van der Waals surface area contributed by atoms with Crippen LogP contribution in [0, 0.1) is 22.7 Å². The molecule has 28 heavy (non-hydrogen) atoms. The molecule has 152 valence electrons. The number of cyclic esters (lactones) is 1. The Labute approximate surface area is 164 Å². The quantitative estimate of drug-likeness (QED) is 0.772. The minimum atomic E-state index is -1.30. The Balaban J connectivity index is 1.74. The van der Waals surface area contributed by atoms with Gasteiger partial charge in [-0.3, -0.25) is 4.79 Å². The van der Waals surface area contributed by atoms with Crippen molar-refractivity contribution in [2.24, 2.45) is 22.7 Å². The molecular formula is C22H28O6. The van der Waals surface area contributed by atoms with E-state index >= 15 is 0 Å². The maximum atomic E-state index is 12.8. The summed E-state index contributed by atoms with van der Waals surface area (Å²) in [7, 11) is 0. The first kappa shape index (κ1) is 19.4. The van der Waals surface area contributed by atoms with Crippen LogP contribution in [-0.2, 0) is 14.3 Å². The Bertz CT molecular complexity index is 778. The molecule has 0 bridgehead atoms. The van der Waals surface area contributed by atoms with Crippen LogP contribution in [-0.4, -0.2) is 47.1 Å². The largest absolute Gasteiger partial charge is 0.462 e. The van der Waals surface area contributed by atoms with E-state index in [0.717, 1.165) is 12.8 Å². The molecule has 2 saturated carbocycles. The Hall–Kier alpha value is -1.92. The number of ether oxygens (including phenoxy) is 2. The van der Waals surface area contributed by atoms with Crippen LogP contribution in [0.1, 0.15) is 49.9 Å². The standard InChI is InChI=1S/C22H28O6/c1-20(12-23)9-6-10-21(2)17(20)16(11-15-19(25)27-13-22(15,21)26)28-18(24)14-7-4-3-5-8-14/h3-5,7-8,15-17,23,26H,6,9-13H2,1-2H3/t15-,16-,17-,20-,21+,22-/m1/s1. The van der Waals surface area contributed by atoms with Crippen molar-refractivity contribution in [1.82, 2.24) is 0 Å². The highest BCUT2D eigenvalue weighted by molar-refractivity contribution is 5.89. The maximum Gasteiger partial charge on any atom is 0.338 e. The molecule has 1 aromatic carbocycles. The Kier molecular flexibility index (Phi) is 4.55. The van der Waals surface area contributed by atoms with Crippen LogP contribution in [0.5, 0.6) is 0 Å². The van der Waals surface area contributed by atoms with E-state index in [4.69, 9.17) is 9.47 Å². The first-order chi connectivity index (χ1) is 13.2. The fourth-order valence-electron chi connectivity index (χ4n) is 6.16. The molecule has 1 saturated heterocycles. The van der Waals surface area contributed by atoms with E-state index in [1.54, 1.807) is 24.3 Å². The molecule has 3 fully saturated rings. The predicted octanol–water partition coefficient (Wildman–Crippen LogP) is 2.32. The van der Waals surface area contributed by atoms with Gasteiger partial charge in [0, 0.05) is 24.4 Å². The number of hydrogen-bond acceptors (Lipinski definition) is 6. The number of aliphatic hydroxyl groups is 2. The predicted molar refractivity (Wildman–Crippen MR) is 100 cm³/mol. The molecule has 0 amide bonds. The molecule has 4 rings (SSSR count). The van der Waals surface area contributed by atoms with E-state index in [1.807, 2.05) is 19.9 Å². The van der Waals surface area contributed by atoms with Gasteiger partial charge in [0.15, 0.2) is 0 Å². The fraction of sp³-hybridized carbons (Fsp3) is 0.636. The summed E-state index contributed by atoms with van der Waals surface area (Å²) in [6.45, 7) is 3.84. The average Bonchev–Trinajstić information content (AvgIpc) is 2.98. The van der Waals surface area contributed by atoms with Crippen molar-refractivity contribution in [2.45, 2.75) is 51.2 Å². The zero-order valence-electron chi connectivity index (χ0n) is 16.4. The van der Waals surface area contributed by atoms with Crippen molar-refractivity contribution < 1.29 is 29.3 Å². The van der Waals surface area contributed by atoms with Crippen LogP contribution < -0.4 is 0 Å². The number of hydrogen-bond donors (Lipinski definition) is 2. The van der Waals surface area contributed by atoms with Gasteiger partial charge in [-0.2, -0.15) is 0 Å². The highest BCUT2D eigenvalue weighted by Crippen LogP contribution is 2.64. The van der Waals surface area contributed by atoms with Gasteiger partial charge < -0.3 is 19.7 Å². The second-order valence-corrected chi connectivity index (χ2v) is 9.19. The van der Waals surface area contributed by atoms with Gasteiger partial charge in [0.2, 0.25) is 0 Å². The molecule has 2 N–H and O–H groups in total. The molecule has 6 nitrogen and oxygen atoms in total. The average molecular weight is 388 g/mol. The van der Waals surface area contributed by atoms with Gasteiger partial charge in [-0.05, 0) is 30.4 Å². The number of esters is 2. The number of carbonyl (C=O) groups excluding carboxylic acids is 2. The monoisotopic (exact) mass is 388 g/mol. The molecule has 0 radical (unpaired) electrons. The van der Waals surface area contributed by atoms with Gasteiger partial charge in [-0.1, -0.05) is 38.5 Å². The molecule has 1 aliphatic heterocycles. The smallest absolute Gasteiger partial charge is 0.338 e. The third-order valence-corrected chi connectivity index (χ3v) is 7.63. The van der Waals surface area contributed by atoms with E-state index in [9.17, 15) is 19.8 Å². The zero-order valence-corrected chi connectivity index (χ0v) is 16.4. The van der Waals surface area contributed by atoms with Crippen LogP contribution in [0.2, 0.25) is 0 Å². The van der Waals surface area contributed by atoms with Gasteiger partial charge in [-0.25, -0.2) is 4.79 Å². The van der Waals surface area contributed by atoms with E-state index < -0.39 is 40.4 Å². The molecule has 1 aromatic rings. The van der Waals surface area contributed by atoms with Crippen LogP contribution >= 0.6 is 0 Å². The lowest BCUT2D eigenvalue weighted by Crippen LogP contribution is -2.68. The van der Waals surface area contributed by atoms with E-state index in [0.29, 0.717) is 12.0 Å². The maximum absolute atomic E-state index is 12.8. The summed E-state index contributed by atoms with van der Waals surface area (Å²) in [5.41, 5.74) is -2.07. The SMILES string of the molecule is C[C@]1(CO)CCC[C@@]2(C)[C@@H]1[C@H](OC(=O)c1ccccc1)C[C@@H]1C(=O)OC[C@@]12O. The van der Waals surface area contributed by atoms with Gasteiger partial charge in [0.25, 0.3) is 0 Å². The van der Waals surface area contributed by atoms with E-state index in [-0.39, 0.29) is 25.6 Å². The minimum Gasteiger partial charge on any atom is -0.462 e. The second kappa shape index (κ2) is 6.56. The van der Waals surface area contributed by atoms with Crippen molar-refractivity contribution in [1.29, 1.82) is 0 Å². The summed E-state index contributed by atoms with van der Waals surface area (Å²) in [6.07, 6.45) is 1.93. The number of aliphatic hydroxyl groups excluding tert-OH is 1. The van der Waals surface area contributed by atoms with Crippen molar-refractivity contribution >= 4 is 11.9 Å². The molecule has 0 aromatic heterocycles. The summed E-state index contributed by atoms with van der Waals surface area (Å²) >= 11 is 0. The Morgan fingerprint density at radius 3 is 2.64 bits per heavy atom. The fourth-order valence-corrected chi connectivity index (χ4v) is 6.16. The minimum absolute atomic E-state index is 0.0373. The topological polar surface area (TPSA) is 93.1 Å². The lowest BCUT2D eigenvalue weighted by molar-refractivity contribution is -0.238. The highest BCUT2D eigenvalue weighted by atomic mass is 16.6.